The zero-order valence-electron chi connectivity index (χ0n) is 16.0. The summed E-state index contributed by atoms with van der Waals surface area (Å²) in [4.78, 5) is 13.0. The summed E-state index contributed by atoms with van der Waals surface area (Å²) in [5.74, 6) is -0.0717. The van der Waals surface area contributed by atoms with Crippen LogP contribution in [-0.4, -0.2) is 16.1 Å². The third-order valence-electron chi connectivity index (χ3n) is 4.24. The number of halogens is 4. The van der Waals surface area contributed by atoms with E-state index in [2.05, 4.69) is 15.5 Å². The van der Waals surface area contributed by atoms with Crippen LogP contribution in [0.3, 0.4) is 0 Å². The second kappa shape index (κ2) is 9.09. The number of anilines is 1. The van der Waals surface area contributed by atoms with Crippen molar-refractivity contribution in [3.63, 3.8) is 0 Å². The highest BCUT2D eigenvalue weighted by atomic mass is 35.5. The van der Waals surface area contributed by atoms with Gasteiger partial charge in [-0.1, -0.05) is 41.9 Å². The fourth-order valence-corrected chi connectivity index (χ4v) is 3.89. The number of carbonyl (C=O) groups excluding carboxylic acids is 1. The lowest BCUT2D eigenvalue weighted by Gasteiger charge is -2.16. The van der Waals surface area contributed by atoms with Crippen molar-refractivity contribution in [1.82, 2.24) is 10.2 Å². The average molecular weight is 480 g/mol. The van der Waals surface area contributed by atoms with E-state index < -0.39 is 27.9 Å². The first-order valence-corrected chi connectivity index (χ1v) is 10.3. The number of alkyl halides is 3. The van der Waals surface area contributed by atoms with Gasteiger partial charge in [0.25, 0.3) is 11.1 Å². The van der Waals surface area contributed by atoms with Crippen molar-refractivity contribution < 1.29 is 26.8 Å². The van der Waals surface area contributed by atoms with E-state index in [1.807, 2.05) is 0 Å². The molecule has 6 nitrogen and oxygen atoms in total. The van der Waals surface area contributed by atoms with Crippen LogP contribution in [0.15, 0.2) is 81.0 Å². The number of rotatable bonds is 6. The molecule has 0 unspecified atom stereocenters. The maximum atomic E-state index is 13.2. The normalized spacial score (nSPS) is 12.5. The minimum absolute atomic E-state index is 0.0462. The Morgan fingerprint density at radius 1 is 1.06 bits per heavy atom. The van der Waals surface area contributed by atoms with Crippen LogP contribution in [0.25, 0.3) is 11.7 Å². The first kappa shape index (κ1) is 22.0. The number of thioether (sulfide) groups is 1. The topological polar surface area (TPSA) is 81.2 Å². The number of nitrogens with zero attached hydrogens (tertiary/aromatic N) is 2. The van der Waals surface area contributed by atoms with Crippen molar-refractivity contribution in [2.24, 2.45) is 0 Å². The molecule has 4 aromatic rings. The van der Waals surface area contributed by atoms with E-state index in [1.54, 1.807) is 42.5 Å². The van der Waals surface area contributed by atoms with E-state index >= 15 is 0 Å². The summed E-state index contributed by atoms with van der Waals surface area (Å²) in [6.45, 7) is 0. The highest BCUT2D eigenvalue weighted by Gasteiger charge is 2.34. The molecule has 1 N–H and O–H groups in total. The van der Waals surface area contributed by atoms with Crippen LogP contribution in [0.1, 0.15) is 16.4 Å². The molecule has 0 aliphatic rings. The minimum atomic E-state index is -4.66. The molecule has 164 valence electrons. The molecule has 0 aliphatic heterocycles. The van der Waals surface area contributed by atoms with E-state index in [4.69, 9.17) is 20.4 Å². The number of carbonyl (C=O) groups is 1. The van der Waals surface area contributed by atoms with E-state index in [9.17, 15) is 18.0 Å². The molecular formula is C21H13ClF3N3O3S. The zero-order chi connectivity index (χ0) is 22.7. The van der Waals surface area contributed by atoms with Gasteiger partial charge in [0.05, 0.1) is 16.8 Å². The van der Waals surface area contributed by atoms with Crippen LogP contribution in [0.2, 0.25) is 5.02 Å². The van der Waals surface area contributed by atoms with E-state index in [0.717, 1.165) is 23.9 Å². The third-order valence-corrected chi connectivity index (χ3v) is 5.65. The molecule has 2 aromatic carbocycles. The third kappa shape index (κ3) is 4.97. The van der Waals surface area contributed by atoms with Gasteiger partial charge in [-0.05, 0) is 47.7 Å². The number of hydrogen-bond acceptors (Lipinski definition) is 6. The van der Waals surface area contributed by atoms with Gasteiger partial charge in [-0.3, -0.25) is 4.79 Å². The van der Waals surface area contributed by atoms with Gasteiger partial charge in [0, 0.05) is 5.69 Å². The summed E-state index contributed by atoms with van der Waals surface area (Å²) in [7, 11) is 0. The van der Waals surface area contributed by atoms with Crippen molar-refractivity contribution in [3.8, 4) is 11.7 Å². The highest BCUT2D eigenvalue weighted by Crippen LogP contribution is 2.39. The maximum Gasteiger partial charge on any atom is 0.417 e. The summed E-state index contributed by atoms with van der Waals surface area (Å²) in [6, 6.07) is 15.1. The fraction of sp³-hybridized carbons (Fsp3) is 0.0952. The van der Waals surface area contributed by atoms with E-state index in [-0.39, 0.29) is 16.8 Å². The lowest BCUT2D eigenvalue weighted by atomic mass is 10.1. The molecule has 2 aromatic heterocycles. The van der Waals surface area contributed by atoms with Crippen molar-refractivity contribution >= 4 is 35.0 Å². The molecule has 0 radical (unpaired) electrons. The predicted octanol–water partition coefficient (Wildman–Crippen LogP) is 6.47. The fourth-order valence-electron chi connectivity index (χ4n) is 2.79. The Morgan fingerprint density at radius 2 is 1.84 bits per heavy atom. The highest BCUT2D eigenvalue weighted by molar-refractivity contribution is 8.00. The Morgan fingerprint density at radius 3 is 2.53 bits per heavy atom. The molecule has 0 bridgehead atoms. The zero-order valence-corrected chi connectivity index (χ0v) is 17.5. The summed E-state index contributed by atoms with van der Waals surface area (Å²) < 4.78 is 50.2. The Kier molecular flexibility index (Phi) is 6.24. The molecule has 1 atom stereocenters. The second-order valence-electron chi connectivity index (χ2n) is 6.44. The van der Waals surface area contributed by atoms with Gasteiger partial charge >= 0.3 is 6.18 Å². The van der Waals surface area contributed by atoms with Gasteiger partial charge in [-0.15, -0.1) is 10.2 Å². The van der Waals surface area contributed by atoms with Crippen LogP contribution in [0, 0.1) is 0 Å². The van der Waals surface area contributed by atoms with E-state index in [1.165, 1.54) is 12.3 Å². The molecule has 2 heterocycles. The Hall–Kier alpha value is -3.24. The number of nitrogens with one attached hydrogen (secondary N) is 1. The predicted molar refractivity (Wildman–Crippen MR) is 112 cm³/mol. The Labute approximate surface area is 188 Å². The molecule has 1 amide bonds. The molecule has 4 rings (SSSR count). The summed E-state index contributed by atoms with van der Waals surface area (Å²) in [5.41, 5.74) is -0.492. The molecule has 0 spiro atoms. The minimum Gasteiger partial charge on any atom is -0.459 e. The van der Waals surface area contributed by atoms with Crippen LogP contribution in [-0.2, 0) is 11.0 Å². The summed E-state index contributed by atoms with van der Waals surface area (Å²) >= 11 is 6.61. The molecule has 0 saturated carbocycles. The van der Waals surface area contributed by atoms with Gasteiger partial charge in [0.1, 0.15) is 5.25 Å². The van der Waals surface area contributed by atoms with Gasteiger partial charge < -0.3 is 14.2 Å². The Balaban J connectivity index is 1.59. The van der Waals surface area contributed by atoms with Crippen LogP contribution < -0.4 is 5.32 Å². The van der Waals surface area contributed by atoms with Crippen molar-refractivity contribution in [2.45, 2.75) is 16.6 Å². The number of furan rings is 1. The van der Waals surface area contributed by atoms with Crippen molar-refractivity contribution in [1.29, 1.82) is 0 Å². The average Bonchev–Trinajstić information content (AvgIpc) is 3.45. The second-order valence-corrected chi connectivity index (χ2v) is 7.90. The lowest BCUT2D eigenvalue weighted by Crippen LogP contribution is -2.19. The number of hydrogen-bond donors (Lipinski definition) is 1. The largest absolute Gasteiger partial charge is 0.459 e. The molecule has 0 saturated heterocycles. The van der Waals surface area contributed by atoms with Crippen LogP contribution in [0.5, 0.6) is 0 Å². The standard InChI is InChI=1S/C21H13ClF3N3O3S/c22-15-9-8-13(11-14(15)21(23,24)25)26-18(29)17(12-5-2-1-3-6-12)32-20-28-27-19(31-20)16-7-4-10-30-16/h1-11,17H,(H,26,29)/t17-/m1/s1. The number of amides is 1. The Bertz CT molecular complexity index is 1210. The lowest BCUT2D eigenvalue weighted by molar-refractivity contribution is -0.137. The molecule has 11 heteroatoms. The summed E-state index contributed by atoms with van der Waals surface area (Å²) in [5, 5.41) is 9.08. The summed E-state index contributed by atoms with van der Waals surface area (Å²) in [6.07, 6.45) is -3.20. The first-order valence-electron chi connectivity index (χ1n) is 9.08. The van der Waals surface area contributed by atoms with Gasteiger partial charge in [0.15, 0.2) is 5.76 Å². The van der Waals surface area contributed by atoms with Gasteiger partial charge in [-0.2, -0.15) is 13.2 Å². The van der Waals surface area contributed by atoms with Crippen LogP contribution >= 0.6 is 23.4 Å². The quantitative estimate of drug-likeness (QED) is 0.319. The van der Waals surface area contributed by atoms with Crippen LogP contribution in [0.4, 0.5) is 18.9 Å². The smallest absolute Gasteiger partial charge is 0.417 e. The van der Waals surface area contributed by atoms with Crippen molar-refractivity contribution in [2.75, 3.05) is 5.32 Å². The molecule has 0 fully saturated rings. The van der Waals surface area contributed by atoms with Gasteiger partial charge in [-0.25, -0.2) is 0 Å². The van der Waals surface area contributed by atoms with Crippen molar-refractivity contribution in [3.05, 3.63) is 83.1 Å². The number of benzene rings is 2. The number of aromatic nitrogens is 2. The SMILES string of the molecule is O=C(Nc1ccc(Cl)c(C(F)(F)F)c1)[C@H](Sc1nnc(-c2ccco2)o1)c1ccccc1. The first-order chi connectivity index (χ1) is 15.3. The molecule has 32 heavy (non-hydrogen) atoms. The maximum absolute atomic E-state index is 13.2. The monoisotopic (exact) mass is 479 g/mol. The van der Waals surface area contributed by atoms with E-state index in [0.29, 0.717) is 11.3 Å². The van der Waals surface area contributed by atoms with Gasteiger partial charge in [0.2, 0.25) is 5.91 Å². The molecule has 0 aliphatic carbocycles. The molecular weight excluding hydrogens is 467 g/mol.